The van der Waals surface area contributed by atoms with Crippen LogP contribution in [-0.4, -0.2) is 34.8 Å². The molecule has 3 aliphatic rings. The summed E-state index contributed by atoms with van der Waals surface area (Å²) in [5, 5.41) is 2.78. The Morgan fingerprint density at radius 1 is 1.23 bits per heavy atom. The fourth-order valence-electron chi connectivity index (χ4n) is 4.86. The first-order valence-electron chi connectivity index (χ1n) is 10.6. The minimum atomic E-state index is 0. The number of allylic oxidation sites excluding steroid dienone is 1. The van der Waals surface area contributed by atoms with Gasteiger partial charge in [0.05, 0.1) is 0 Å². The Kier molecular flexibility index (Phi) is 5.77. The van der Waals surface area contributed by atoms with Gasteiger partial charge in [-0.3, -0.25) is 9.59 Å². The van der Waals surface area contributed by atoms with Crippen molar-refractivity contribution in [1.29, 1.82) is 0 Å². The molecule has 5 heteroatoms. The maximum absolute atomic E-state index is 12.7. The Morgan fingerprint density at radius 3 is 2.87 bits per heavy atom. The molecule has 160 valence electrons. The van der Waals surface area contributed by atoms with Crippen LogP contribution in [0, 0.1) is 18.8 Å². The highest BCUT2D eigenvalue weighted by Crippen LogP contribution is 2.41. The van der Waals surface area contributed by atoms with Crippen LogP contribution in [0.15, 0.2) is 48.7 Å². The first-order chi connectivity index (χ1) is 14.6. The Hall–Kier alpha value is -3.21. The fraction of sp³-hybridized carbons (Fsp3) is 0.346. The van der Waals surface area contributed by atoms with Gasteiger partial charge in [-0.15, -0.1) is 0 Å². The number of fused-ring (bicyclic) bond motifs is 2. The zero-order chi connectivity index (χ0) is 20.7. The summed E-state index contributed by atoms with van der Waals surface area (Å²) in [6.07, 6.45) is 9.77. The number of pyridine rings is 1. The van der Waals surface area contributed by atoms with Crippen LogP contribution in [0.1, 0.15) is 42.5 Å². The Labute approximate surface area is 183 Å². The highest BCUT2D eigenvalue weighted by molar-refractivity contribution is 5.94. The second-order valence-electron chi connectivity index (χ2n) is 8.54. The molecule has 3 heterocycles. The number of nitrogens with zero attached hydrogens (tertiary/aromatic N) is 2. The average molecular weight is 416 g/mol. The molecular weight excluding hydrogens is 386 g/mol. The topological polar surface area (TPSA) is 62.3 Å². The minimum absolute atomic E-state index is 0. The molecular formula is C26H29N3O2. The first kappa shape index (κ1) is 21.0. The summed E-state index contributed by atoms with van der Waals surface area (Å²) in [6, 6.07) is 10.5. The molecule has 1 aromatic heterocycles. The van der Waals surface area contributed by atoms with Crippen molar-refractivity contribution in [2.45, 2.75) is 33.6 Å². The number of benzene rings is 1. The molecule has 2 atom stereocenters. The summed E-state index contributed by atoms with van der Waals surface area (Å²) in [6.45, 7) is 3.76. The summed E-state index contributed by atoms with van der Waals surface area (Å²) in [5.41, 5.74) is 6.00. The number of nitrogens with one attached hydrogen (secondary N) is 1. The molecule has 0 radical (unpaired) electrons. The fourth-order valence-corrected chi connectivity index (χ4v) is 4.86. The molecule has 2 aliphatic heterocycles. The van der Waals surface area contributed by atoms with E-state index in [1.54, 1.807) is 12.3 Å². The van der Waals surface area contributed by atoms with E-state index in [0.29, 0.717) is 30.5 Å². The van der Waals surface area contributed by atoms with Gasteiger partial charge in [0.15, 0.2) is 0 Å². The van der Waals surface area contributed by atoms with E-state index >= 15 is 0 Å². The zero-order valence-electron chi connectivity index (χ0n) is 17.1. The molecule has 1 fully saturated rings. The van der Waals surface area contributed by atoms with Gasteiger partial charge >= 0.3 is 0 Å². The lowest BCUT2D eigenvalue weighted by atomic mass is 9.96. The Morgan fingerprint density at radius 2 is 2.06 bits per heavy atom. The number of likely N-dealkylation sites (tertiary alicyclic amines) is 1. The maximum Gasteiger partial charge on any atom is 0.246 e. The van der Waals surface area contributed by atoms with Gasteiger partial charge in [-0.1, -0.05) is 37.8 Å². The molecule has 5 rings (SSSR count). The van der Waals surface area contributed by atoms with Gasteiger partial charge in [-0.25, -0.2) is 4.98 Å². The Bertz CT molecular complexity index is 1090. The van der Waals surface area contributed by atoms with E-state index in [1.807, 2.05) is 17.0 Å². The second-order valence-corrected chi connectivity index (χ2v) is 8.54. The minimum Gasteiger partial charge on any atom is -0.338 e. The maximum atomic E-state index is 12.7. The van der Waals surface area contributed by atoms with E-state index in [2.05, 4.69) is 47.6 Å². The third-order valence-corrected chi connectivity index (χ3v) is 6.48. The zero-order valence-corrected chi connectivity index (χ0v) is 17.1. The number of aryl methyl sites for hydroxylation is 2. The van der Waals surface area contributed by atoms with Crippen molar-refractivity contribution in [2.24, 2.45) is 11.8 Å². The van der Waals surface area contributed by atoms with Crippen LogP contribution in [0.2, 0.25) is 0 Å². The predicted octanol–water partition coefficient (Wildman–Crippen LogP) is 4.49. The van der Waals surface area contributed by atoms with Gasteiger partial charge in [0.1, 0.15) is 5.82 Å². The van der Waals surface area contributed by atoms with E-state index in [0.717, 1.165) is 30.6 Å². The molecule has 0 saturated carbocycles. The SMILES string of the molecule is C.Cc1ccccc1C1=CC2CN(C(=O)/C=C/c3cnc4c(c3)CCC(=O)N4)CC2C1. The van der Waals surface area contributed by atoms with E-state index in [9.17, 15) is 9.59 Å². The number of carbonyl (C=O) groups is 2. The van der Waals surface area contributed by atoms with Gasteiger partial charge in [0.25, 0.3) is 0 Å². The van der Waals surface area contributed by atoms with Crippen molar-refractivity contribution in [2.75, 3.05) is 18.4 Å². The van der Waals surface area contributed by atoms with Crippen molar-refractivity contribution < 1.29 is 9.59 Å². The number of rotatable bonds is 3. The number of carbonyl (C=O) groups excluding carboxylic acids is 2. The van der Waals surface area contributed by atoms with Gasteiger partial charge in [-0.2, -0.15) is 0 Å². The molecule has 2 unspecified atom stereocenters. The normalized spacial score (nSPS) is 21.9. The van der Waals surface area contributed by atoms with Crippen LogP contribution >= 0.6 is 0 Å². The van der Waals surface area contributed by atoms with E-state index in [1.165, 1.54) is 16.7 Å². The van der Waals surface area contributed by atoms with Gasteiger partial charge in [0.2, 0.25) is 11.8 Å². The average Bonchev–Trinajstić information content (AvgIpc) is 3.31. The third kappa shape index (κ3) is 4.18. The molecule has 1 aromatic carbocycles. The molecule has 0 bridgehead atoms. The molecule has 5 nitrogen and oxygen atoms in total. The smallest absolute Gasteiger partial charge is 0.246 e. The van der Waals surface area contributed by atoms with Crippen LogP contribution < -0.4 is 5.32 Å². The summed E-state index contributed by atoms with van der Waals surface area (Å²) < 4.78 is 0. The van der Waals surface area contributed by atoms with Gasteiger partial charge < -0.3 is 10.2 Å². The van der Waals surface area contributed by atoms with Crippen molar-refractivity contribution in [3.63, 3.8) is 0 Å². The van der Waals surface area contributed by atoms with Crippen molar-refractivity contribution in [3.05, 3.63) is 70.9 Å². The molecule has 1 N–H and O–H groups in total. The lowest BCUT2D eigenvalue weighted by molar-refractivity contribution is -0.125. The lowest BCUT2D eigenvalue weighted by Gasteiger charge is -2.16. The quantitative estimate of drug-likeness (QED) is 0.752. The number of hydrogen-bond acceptors (Lipinski definition) is 3. The predicted molar refractivity (Wildman–Crippen MR) is 124 cm³/mol. The third-order valence-electron chi connectivity index (χ3n) is 6.48. The molecule has 0 spiro atoms. The van der Waals surface area contributed by atoms with E-state index in [4.69, 9.17) is 0 Å². The largest absolute Gasteiger partial charge is 0.338 e. The van der Waals surface area contributed by atoms with Gasteiger partial charge in [-0.05, 0) is 71.6 Å². The van der Waals surface area contributed by atoms with Crippen LogP contribution in [-0.2, 0) is 16.0 Å². The number of hydrogen-bond donors (Lipinski definition) is 1. The van der Waals surface area contributed by atoms with Crippen LogP contribution in [0.4, 0.5) is 5.82 Å². The van der Waals surface area contributed by atoms with E-state index in [-0.39, 0.29) is 19.2 Å². The first-order valence-corrected chi connectivity index (χ1v) is 10.6. The van der Waals surface area contributed by atoms with Crippen LogP contribution in [0.25, 0.3) is 11.6 Å². The summed E-state index contributed by atoms with van der Waals surface area (Å²) in [5.74, 6) is 1.67. The molecule has 2 amide bonds. The highest BCUT2D eigenvalue weighted by Gasteiger charge is 2.37. The van der Waals surface area contributed by atoms with Crippen molar-refractivity contribution in [1.82, 2.24) is 9.88 Å². The van der Waals surface area contributed by atoms with Gasteiger partial charge in [0, 0.05) is 31.8 Å². The number of aromatic nitrogens is 1. The van der Waals surface area contributed by atoms with Crippen molar-refractivity contribution in [3.8, 4) is 0 Å². The second kappa shape index (κ2) is 8.50. The monoisotopic (exact) mass is 415 g/mol. The number of amides is 2. The molecule has 1 aliphatic carbocycles. The van der Waals surface area contributed by atoms with E-state index < -0.39 is 0 Å². The van der Waals surface area contributed by atoms with Crippen LogP contribution in [0.3, 0.4) is 0 Å². The molecule has 1 saturated heterocycles. The summed E-state index contributed by atoms with van der Waals surface area (Å²) >= 11 is 0. The molecule has 31 heavy (non-hydrogen) atoms. The van der Waals surface area contributed by atoms with Crippen LogP contribution in [0.5, 0.6) is 0 Å². The highest BCUT2D eigenvalue weighted by atomic mass is 16.2. The Balaban J connectivity index is 0.00000231. The van der Waals surface area contributed by atoms with Crippen molar-refractivity contribution >= 4 is 29.3 Å². The standard InChI is InChI=1S/C25H25N3O2.CH4/c1-16-4-2-3-5-22(16)19-11-20-14-28(15-21(20)12-19)24(30)9-6-17-10-18-7-8-23(29)27-25(18)26-13-17;/h2-6,9-11,13,20-21H,7-8,12,14-15H2,1H3,(H,26,27,29);1H4/b9-6+;. The summed E-state index contributed by atoms with van der Waals surface area (Å²) in [4.78, 5) is 30.5. The summed E-state index contributed by atoms with van der Waals surface area (Å²) in [7, 11) is 0. The molecule has 2 aromatic rings. The lowest BCUT2D eigenvalue weighted by Crippen LogP contribution is -2.27. The number of anilines is 1.